The van der Waals surface area contributed by atoms with Crippen molar-refractivity contribution in [1.82, 2.24) is 15.0 Å². The van der Waals surface area contributed by atoms with Crippen LogP contribution in [0.2, 0.25) is 5.02 Å². The number of nitrogens with one attached hydrogen (secondary N) is 1. The molecule has 0 aromatic heterocycles. The lowest BCUT2D eigenvalue weighted by atomic mass is 9.69. The number of benzene rings is 2. The van der Waals surface area contributed by atoms with E-state index in [0.29, 0.717) is 5.56 Å². The van der Waals surface area contributed by atoms with Crippen LogP contribution in [0, 0.1) is 0 Å². The minimum absolute atomic E-state index is 0.0227. The fourth-order valence-electron chi connectivity index (χ4n) is 4.27. The normalized spacial score (nSPS) is 18.6. The lowest BCUT2D eigenvalue weighted by molar-refractivity contribution is -0.154. The van der Waals surface area contributed by atoms with Gasteiger partial charge in [0.25, 0.3) is 11.8 Å². The maximum absolute atomic E-state index is 14.8. The average molecular weight is 501 g/mol. The number of carbonyl (C=O) groups is 4. The van der Waals surface area contributed by atoms with Crippen LogP contribution in [0.25, 0.3) is 0 Å². The number of alkyl halides is 2. The van der Waals surface area contributed by atoms with Crippen LogP contribution in [-0.2, 0) is 26.9 Å². The van der Waals surface area contributed by atoms with Crippen molar-refractivity contribution in [2.75, 3.05) is 0 Å². The number of halogens is 3. The van der Waals surface area contributed by atoms with E-state index in [1.165, 1.54) is 23.1 Å². The summed E-state index contributed by atoms with van der Waals surface area (Å²) in [6, 6.07) is 4.79. The zero-order valence-electron chi connectivity index (χ0n) is 18.6. The molecule has 2 aliphatic rings. The van der Waals surface area contributed by atoms with Crippen molar-refractivity contribution in [3.05, 3.63) is 57.6 Å². The highest BCUT2D eigenvalue weighted by Gasteiger charge is 2.44. The summed E-state index contributed by atoms with van der Waals surface area (Å²) in [5, 5.41) is 2.38. The second-order valence-corrected chi connectivity index (χ2v) is 8.90. The molecule has 14 heteroatoms. The first-order valence-electron chi connectivity index (χ1n) is 10.7. The Morgan fingerprint density at radius 3 is 2.42 bits per heavy atom. The van der Waals surface area contributed by atoms with Gasteiger partial charge in [-0.1, -0.05) is 40.7 Å². The Labute approximate surface area is 215 Å². The SMILES string of the molecule is [B]c1c(C([B])N([B])C(=O)C(F)(F)c2ccc(Cl)cc2)cc2c(c1[B])C(=O)N(C1CCC(=O)NC1=O)C2. The van der Waals surface area contributed by atoms with Gasteiger partial charge in [0.05, 0.1) is 0 Å². The van der Waals surface area contributed by atoms with E-state index in [9.17, 15) is 28.0 Å². The zero-order valence-corrected chi connectivity index (χ0v) is 19.4. The molecule has 2 aromatic rings. The second-order valence-electron chi connectivity index (χ2n) is 8.47. The van der Waals surface area contributed by atoms with Crippen molar-refractivity contribution in [1.29, 1.82) is 0 Å². The molecule has 36 heavy (non-hydrogen) atoms. The second kappa shape index (κ2) is 9.42. The quantitative estimate of drug-likeness (QED) is 0.445. The summed E-state index contributed by atoms with van der Waals surface area (Å²) >= 11 is 5.72. The van der Waals surface area contributed by atoms with Gasteiger partial charge in [-0.25, -0.2) is 0 Å². The monoisotopic (exact) mass is 501 g/mol. The molecule has 1 fully saturated rings. The van der Waals surface area contributed by atoms with Crippen molar-refractivity contribution in [3.63, 3.8) is 0 Å². The molecule has 4 rings (SSSR count). The Morgan fingerprint density at radius 1 is 1.17 bits per heavy atom. The van der Waals surface area contributed by atoms with Gasteiger partial charge in [0.2, 0.25) is 19.8 Å². The van der Waals surface area contributed by atoms with Crippen LogP contribution in [0.15, 0.2) is 30.3 Å². The van der Waals surface area contributed by atoms with Crippen molar-refractivity contribution in [2.45, 2.75) is 37.3 Å². The zero-order chi connectivity index (χ0) is 26.5. The van der Waals surface area contributed by atoms with Gasteiger partial charge in [0.1, 0.15) is 29.6 Å². The minimum atomic E-state index is -4.04. The Kier molecular flexibility index (Phi) is 6.81. The van der Waals surface area contributed by atoms with Gasteiger partial charge >= 0.3 is 5.92 Å². The van der Waals surface area contributed by atoms with E-state index in [4.69, 9.17) is 43.1 Å². The van der Waals surface area contributed by atoms with Crippen molar-refractivity contribution in [2.24, 2.45) is 0 Å². The lowest BCUT2D eigenvalue weighted by Gasteiger charge is -2.32. The number of imide groups is 1. The highest BCUT2D eigenvalue weighted by Crippen LogP contribution is 2.33. The van der Waals surface area contributed by atoms with Gasteiger partial charge in [-0.2, -0.15) is 8.78 Å². The predicted octanol–water partition coefficient (Wildman–Crippen LogP) is -0.440. The van der Waals surface area contributed by atoms with Crippen LogP contribution in [0.5, 0.6) is 0 Å². The molecule has 7 nitrogen and oxygen atoms in total. The fraction of sp³-hybridized carbons (Fsp3) is 0.273. The van der Waals surface area contributed by atoms with E-state index < -0.39 is 47.1 Å². The largest absolute Gasteiger partial charge is 0.393 e. The maximum atomic E-state index is 14.8. The summed E-state index contributed by atoms with van der Waals surface area (Å²) in [5.74, 6) is -9.15. The van der Waals surface area contributed by atoms with Gasteiger partial charge in [-0.05, 0) is 29.7 Å². The van der Waals surface area contributed by atoms with E-state index in [1.54, 1.807) is 0 Å². The molecule has 174 valence electrons. The molecule has 2 unspecified atom stereocenters. The number of piperidine rings is 1. The van der Waals surface area contributed by atoms with Crippen molar-refractivity contribution in [3.8, 4) is 0 Å². The van der Waals surface area contributed by atoms with Crippen molar-refractivity contribution >= 4 is 77.7 Å². The van der Waals surface area contributed by atoms with Crippen LogP contribution < -0.4 is 16.2 Å². The topological polar surface area (TPSA) is 86.8 Å². The summed E-state index contributed by atoms with van der Waals surface area (Å²) in [7, 11) is 23.9. The molecule has 8 radical (unpaired) electrons. The molecule has 2 aromatic carbocycles. The number of hydrogen-bond acceptors (Lipinski definition) is 4. The molecule has 4 amide bonds. The first-order chi connectivity index (χ1) is 16.8. The summed E-state index contributed by atoms with van der Waals surface area (Å²) in [4.78, 5) is 50.7. The Bertz CT molecular complexity index is 1300. The summed E-state index contributed by atoms with van der Waals surface area (Å²) < 4.78 is 29.7. The predicted molar refractivity (Wildman–Crippen MR) is 130 cm³/mol. The lowest BCUT2D eigenvalue weighted by Crippen LogP contribution is -2.52. The van der Waals surface area contributed by atoms with Crippen LogP contribution >= 0.6 is 11.6 Å². The maximum Gasteiger partial charge on any atom is 0.348 e. The number of rotatable bonds is 5. The molecule has 0 saturated carbocycles. The van der Waals surface area contributed by atoms with Crippen LogP contribution in [0.3, 0.4) is 0 Å². The molecule has 1 saturated heterocycles. The Morgan fingerprint density at radius 2 is 1.81 bits per heavy atom. The molecule has 0 aliphatic carbocycles. The van der Waals surface area contributed by atoms with E-state index >= 15 is 0 Å². The molecular formula is C22H14B4ClF2N3O4. The number of carbonyl (C=O) groups excluding carboxylic acids is 4. The Hall–Kier alpha value is -3.07. The van der Waals surface area contributed by atoms with E-state index in [1.807, 2.05) is 0 Å². The summed E-state index contributed by atoms with van der Waals surface area (Å²) in [6.45, 7) is -0.0793. The summed E-state index contributed by atoms with van der Waals surface area (Å²) in [5.41, 5.74) is -0.791. The van der Waals surface area contributed by atoms with Crippen LogP contribution in [0.1, 0.15) is 45.8 Å². The highest BCUT2D eigenvalue weighted by atomic mass is 35.5. The third-order valence-corrected chi connectivity index (χ3v) is 6.50. The smallest absolute Gasteiger partial charge is 0.348 e. The number of fused-ring (bicyclic) bond motifs is 1. The van der Waals surface area contributed by atoms with E-state index in [-0.39, 0.29) is 51.3 Å². The molecule has 0 spiro atoms. The fourth-order valence-corrected chi connectivity index (χ4v) is 4.40. The van der Waals surface area contributed by atoms with Gasteiger partial charge in [0.15, 0.2) is 0 Å². The van der Waals surface area contributed by atoms with Crippen LogP contribution in [-0.4, -0.2) is 70.9 Å². The Balaban J connectivity index is 1.62. The average Bonchev–Trinajstić information content (AvgIpc) is 3.16. The van der Waals surface area contributed by atoms with E-state index in [2.05, 4.69) is 5.32 Å². The molecule has 0 bridgehead atoms. The third-order valence-electron chi connectivity index (χ3n) is 6.25. The number of nitrogens with zero attached hydrogens (tertiary/aromatic N) is 2. The highest BCUT2D eigenvalue weighted by molar-refractivity contribution is 6.52. The van der Waals surface area contributed by atoms with Gasteiger partial charge in [-0.15, -0.1) is 0 Å². The van der Waals surface area contributed by atoms with Gasteiger partial charge in [0, 0.05) is 35.1 Å². The first-order valence-corrected chi connectivity index (χ1v) is 11.1. The summed E-state index contributed by atoms with van der Waals surface area (Å²) in [6.07, 6.45) is 0.174. The number of hydrogen-bond donors (Lipinski definition) is 1. The van der Waals surface area contributed by atoms with Crippen LogP contribution in [0.4, 0.5) is 8.78 Å². The molecular weight excluding hydrogens is 487 g/mol. The minimum Gasteiger partial charge on any atom is -0.393 e. The van der Waals surface area contributed by atoms with Gasteiger partial charge < -0.3 is 9.71 Å². The van der Waals surface area contributed by atoms with Gasteiger partial charge in [-0.3, -0.25) is 24.5 Å². The molecule has 2 heterocycles. The molecule has 1 N–H and O–H groups in total. The third kappa shape index (κ3) is 4.34. The van der Waals surface area contributed by atoms with Crippen molar-refractivity contribution < 1.29 is 28.0 Å². The first kappa shape index (κ1) is 26.0. The molecule has 2 aliphatic heterocycles. The standard InChI is InChI=1S/C22H14B4ClF2N3O4/c23-16-12(18(25)32(26)21(36)22(28,29)10-1-3-11(27)4-2-10)7-9-8-31(20(35)15(9)17(16)24)13-5-6-14(33)30-19(13)34/h1-4,7,13,18H,5-6,8H2,(H,30,33,34). The molecule has 2 atom stereocenters. The van der Waals surface area contributed by atoms with E-state index in [0.717, 1.165) is 12.1 Å². The number of amides is 4.